The van der Waals surface area contributed by atoms with Crippen LogP contribution in [0.1, 0.15) is 61.8 Å². The van der Waals surface area contributed by atoms with Crippen molar-refractivity contribution in [2.75, 3.05) is 0 Å². The van der Waals surface area contributed by atoms with Gasteiger partial charge in [-0.3, -0.25) is 9.59 Å². The lowest BCUT2D eigenvalue weighted by molar-refractivity contribution is -0.144. The van der Waals surface area contributed by atoms with Crippen LogP contribution < -0.4 is 0 Å². The first kappa shape index (κ1) is 27.4. The van der Waals surface area contributed by atoms with Crippen molar-refractivity contribution in [2.45, 2.75) is 65.6 Å². The zero-order valence-electron chi connectivity index (χ0n) is 15.4. The minimum absolute atomic E-state index is 0.231. The average Bonchev–Trinajstić information content (AvgIpc) is 2.26. The topological polar surface area (TPSA) is 115 Å². The fourth-order valence-corrected chi connectivity index (χ4v) is 1.37. The predicted octanol–water partition coefficient (Wildman–Crippen LogP) is 3.59. The maximum absolute atomic E-state index is 9.70. The summed E-state index contributed by atoms with van der Waals surface area (Å²) >= 11 is 1.66. The molecule has 0 bridgehead atoms. The standard InChI is InChI=1S/C8H17IO2.2C4H8O2/c1-6(2)5-7(3,4)8(9,10)11;2*1-3(2)4(5)6/h6,10-11H,5H2,1-4H3;2*3H,1-2H3,(H,5,6). The molecule has 0 saturated heterocycles. The van der Waals surface area contributed by atoms with Crippen LogP contribution in [0.5, 0.6) is 0 Å². The van der Waals surface area contributed by atoms with E-state index in [0.717, 1.165) is 6.42 Å². The van der Waals surface area contributed by atoms with Crippen LogP contribution in [0.2, 0.25) is 0 Å². The molecule has 4 N–H and O–H groups in total. The van der Waals surface area contributed by atoms with Gasteiger partial charge in [-0.1, -0.05) is 55.4 Å². The quantitative estimate of drug-likeness (QED) is 0.290. The molecule has 0 spiro atoms. The fraction of sp³-hybridized carbons (Fsp3) is 0.875. The molecule has 0 aromatic rings. The first-order valence-electron chi connectivity index (χ1n) is 7.54. The molecule has 0 atom stereocenters. The highest BCUT2D eigenvalue weighted by Gasteiger charge is 2.39. The fourth-order valence-electron chi connectivity index (χ4n) is 1.15. The average molecular weight is 448 g/mol. The molecular formula is C16H33IO6. The SMILES string of the molecule is CC(C)C(=O)O.CC(C)C(=O)O.CC(C)CC(C)(C)C(O)(O)I. The van der Waals surface area contributed by atoms with Crippen molar-refractivity contribution in [1.29, 1.82) is 0 Å². The zero-order chi connectivity index (χ0) is 19.6. The van der Waals surface area contributed by atoms with E-state index in [1.165, 1.54) is 0 Å². The van der Waals surface area contributed by atoms with Gasteiger partial charge in [0, 0.05) is 5.41 Å². The first-order chi connectivity index (χ1) is 9.95. The summed E-state index contributed by atoms with van der Waals surface area (Å²) in [6.07, 6.45) is 0.808. The highest BCUT2D eigenvalue weighted by molar-refractivity contribution is 14.1. The van der Waals surface area contributed by atoms with Crippen molar-refractivity contribution in [1.82, 2.24) is 0 Å². The molecule has 7 heteroatoms. The van der Waals surface area contributed by atoms with E-state index in [1.807, 2.05) is 13.8 Å². The molecule has 0 rings (SSSR count). The highest BCUT2D eigenvalue weighted by atomic mass is 127. The van der Waals surface area contributed by atoms with Crippen LogP contribution in [0.25, 0.3) is 0 Å². The van der Waals surface area contributed by atoms with Gasteiger partial charge in [0.05, 0.1) is 11.8 Å². The van der Waals surface area contributed by atoms with Crippen LogP contribution in [0.4, 0.5) is 0 Å². The lowest BCUT2D eigenvalue weighted by atomic mass is 9.83. The molecule has 0 amide bonds. The van der Waals surface area contributed by atoms with Crippen molar-refractivity contribution >= 4 is 34.5 Å². The van der Waals surface area contributed by atoms with Crippen LogP contribution in [0.3, 0.4) is 0 Å². The van der Waals surface area contributed by atoms with Gasteiger partial charge in [-0.25, -0.2) is 0 Å². The number of carbonyl (C=O) groups is 2. The van der Waals surface area contributed by atoms with E-state index >= 15 is 0 Å². The maximum atomic E-state index is 9.70. The number of aliphatic hydroxyl groups is 2. The van der Waals surface area contributed by atoms with E-state index in [1.54, 1.807) is 50.3 Å². The lowest BCUT2D eigenvalue weighted by Gasteiger charge is -2.35. The summed E-state index contributed by atoms with van der Waals surface area (Å²) in [5, 5.41) is 34.7. The Balaban J connectivity index is -0.000000284. The highest BCUT2D eigenvalue weighted by Crippen LogP contribution is 2.39. The molecule has 0 aliphatic heterocycles. The number of halogens is 1. The zero-order valence-corrected chi connectivity index (χ0v) is 17.6. The summed E-state index contributed by atoms with van der Waals surface area (Å²) in [6, 6.07) is 0. The summed E-state index contributed by atoms with van der Waals surface area (Å²) in [6.45, 7) is 14.4. The lowest BCUT2D eigenvalue weighted by Crippen LogP contribution is -2.39. The van der Waals surface area contributed by atoms with E-state index in [0.29, 0.717) is 5.92 Å². The third-order valence-electron chi connectivity index (χ3n) is 2.77. The van der Waals surface area contributed by atoms with Crippen LogP contribution in [-0.4, -0.2) is 36.2 Å². The normalized spacial score (nSPS) is 11.6. The predicted molar refractivity (Wildman–Crippen MR) is 99.4 cm³/mol. The second kappa shape index (κ2) is 12.0. The molecule has 140 valence electrons. The number of carboxylic acid groups (broad SMARTS) is 2. The van der Waals surface area contributed by atoms with Crippen molar-refractivity contribution in [3.63, 3.8) is 0 Å². The molecular weight excluding hydrogens is 415 g/mol. The minimum atomic E-state index is -1.60. The maximum Gasteiger partial charge on any atom is 0.305 e. The number of alkyl halides is 1. The Kier molecular flexibility index (Phi) is 14.3. The smallest absolute Gasteiger partial charge is 0.305 e. The minimum Gasteiger partial charge on any atom is -0.481 e. The second-order valence-electron chi connectivity index (χ2n) is 7.05. The third-order valence-corrected chi connectivity index (χ3v) is 4.23. The van der Waals surface area contributed by atoms with Crippen LogP contribution in [0, 0.1) is 23.2 Å². The van der Waals surface area contributed by atoms with Gasteiger partial charge in [-0.05, 0) is 34.9 Å². The van der Waals surface area contributed by atoms with Gasteiger partial charge in [0.25, 0.3) is 0 Å². The monoisotopic (exact) mass is 448 g/mol. The number of aliphatic carboxylic acids is 2. The molecule has 0 aromatic heterocycles. The van der Waals surface area contributed by atoms with Gasteiger partial charge in [-0.15, -0.1) is 0 Å². The Morgan fingerprint density at radius 3 is 1.13 bits per heavy atom. The first-order valence-corrected chi connectivity index (χ1v) is 8.62. The van der Waals surface area contributed by atoms with Gasteiger partial charge in [0.15, 0.2) is 0 Å². The molecule has 0 heterocycles. The van der Waals surface area contributed by atoms with Crippen molar-refractivity contribution in [3.05, 3.63) is 0 Å². The van der Waals surface area contributed by atoms with Crippen LogP contribution in [-0.2, 0) is 9.59 Å². The number of hydrogen-bond acceptors (Lipinski definition) is 4. The molecule has 0 aromatic carbocycles. The molecule has 0 aliphatic rings. The Labute approximate surface area is 153 Å². The Bertz CT molecular complexity index is 325. The number of hydrogen-bond donors (Lipinski definition) is 4. The third kappa shape index (κ3) is 17.8. The van der Waals surface area contributed by atoms with E-state index in [2.05, 4.69) is 13.8 Å². The van der Waals surface area contributed by atoms with E-state index in [4.69, 9.17) is 10.2 Å². The molecule has 0 aliphatic carbocycles. The van der Waals surface area contributed by atoms with Gasteiger partial charge < -0.3 is 20.4 Å². The molecule has 6 nitrogen and oxygen atoms in total. The largest absolute Gasteiger partial charge is 0.481 e. The van der Waals surface area contributed by atoms with E-state index < -0.39 is 21.1 Å². The van der Waals surface area contributed by atoms with Gasteiger partial charge >= 0.3 is 11.9 Å². The summed E-state index contributed by atoms with van der Waals surface area (Å²) in [5.74, 6) is -1.46. The van der Waals surface area contributed by atoms with Crippen LogP contribution >= 0.6 is 22.6 Å². The van der Waals surface area contributed by atoms with Gasteiger partial charge in [0.1, 0.15) is 0 Å². The molecule has 0 fully saturated rings. The Hall–Kier alpha value is -0.410. The molecule has 0 saturated carbocycles. The number of carboxylic acids is 2. The number of rotatable bonds is 5. The summed E-state index contributed by atoms with van der Waals surface area (Å²) < 4.78 is -1.60. The summed E-state index contributed by atoms with van der Waals surface area (Å²) in [7, 11) is 0. The van der Waals surface area contributed by atoms with Gasteiger partial charge in [0.2, 0.25) is 3.79 Å². The van der Waals surface area contributed by atoms with Crippen LogP contribution in [0.15, 0.2) is 0 Å². The van der Waals surface area contributed by atoms with Crippen molar-refractivity contribution in [3.8, 4) is 0 Å². The Morgan fingerprint density at radius 1 is 0.870 bits per heavy atom. The second-order valence-corrected chi connectivity index (χ2v) is 8.56. The molecule has 0 radical (unpaired) electrons. The van der Waals surface area contributed by atoms with Gasteiger partial charge in [-0.2, -0.15) is 0 Å². The Morgan fingerprint density at radius 2 is 1.09 bits per heavy atom. The summed E-state index contributed by atoms with van der Waals surface area (Å²) in [4.78, 5) is 19.4. The van der Waals surface area contributed by atoms with Crippen molar-refractivity contribution in [2.24, 2.45) is 23.2 Å². The molecule has 0 unspecified atom stereocenters. The molecule has 23 heavy (non-hydrogen) atoms. The van der Waals surface area contributed by atoms with E-state index in [9.17, 15) is 19.8 Å². The van der Waals surface area contributed by atoms with E-state index in [-0.39, 0.29) is 11.8 Å². The van der Waals surface area contributed by atoms with Crippen molar-refractivity contribution < 1.29 is 30.0 Å². The summed E-state index contributed by atoms with van der Waals surface area (Å²) in [5.41, 5.74) is -0.443.